The highest BCUT2D eigenvalue weighted by Gasteiger charge is 2.21. The topological polar surface area (TPSA) is 33.5 Å². The maximum atomic E-state index is 12.3. The molecule has 0 aromatic heterocycles. The van der Waals surface area contributed by atoms with Gasteiger partial charge in [-0.05, 0) is 37.4 Å². The number of nitrogens with one attached hydrogen (secondary N) is 2. The van der Waals surface area contributed by atoms with Gasteiger partial charge in [0.15, 0.2) is 6.04 Å². The number of para-hydroxylation sites is 1. The normalized spacial score (nSPS) is 13.4. The van der Waals surface area contributed by atoms with Crippen LogP contribution in [0.4, 0.5) is 5.69 Å². The smallest absolute Gasteiger partial charge is 0.282 e. The van der Waals surface area contributed by atoms with Crippen molar-refractivity contribution in [3.8, 4) is 0 Å². The number of hydrogen-bond donors (Lipinski definition) is 2. The molecule has 0 bridgehead atoms. The molecule has 22 heavy (non-hydrogen) atoms. The molecule has 2 atom stereocenters. The molecule has 1 unspecified atom stereocenters. The quantitative estimate of drug-likeness (QED) is 0.803. The van der Waals surface area contributed by atoms with E-state index in [9.17, 15) is 4.79 Å². The zero-order chi connectivity index (χ0) is 15.9. The molecule has 0 saturated carbocycles. The minimum Gasteiger partial charge on any atom is -0.324 e. The molecule has 4 heteroatoms. The molecule has 116 valence electrons. The van der Waals surface area contributed by atoms with Crippen LogP contribution >= 0.6 is 11.8 Å². The Morgan fingerprint density at radius 3 is 2.36 bits per heavy atom. The first-order chi connectivity index (χ1) is 10.6. The number of rotatable bonds is 6. The first kappa shape index (κ1) is 16.6. The van der Waals surface area contributed by atoms with Crippen molar-refractivity contribution in [2.24, 2.45) is 0 Å². The van der Waals surface area contributed by atoms with Gasteiger partial charge in [-0.15, -0.1) is 11.8 Å². The monoisotopic (exact) mass is 315 g/mol. The van der Waals surface area contributed by atoms with Crippen molar-refractivity contribution in [1.82, 2.24) is 0 Å². The van der Waals surface area contributed by atoms with Crippen LogP contribution in [0.15, 0.2) is 59.5 Å². The third-order valence-electron chi connectivity index (χ3n) is 3.82. The Labute approximate surface area is 136 Å². The summed E-state index contributed by atoms with van der Waals surface area (Å²) in [6, 6.07) is 18.0. The van der Waals surface area contributed by atoms with Crippen molar-refractivity contribution in [2.75, 3.05) is 18.6 Å². The van der Waals surface area contributed by atoms with Crippen LogP contribution in [0.5, 0.6) is 0 Å². The van der Waals surface area contributed by atoms with Crippen molar-refractivity contribution in [2.45, 2.75) is 24.4 Å². The summed E-state index contributed by atoms with van der Waals surface area (Å²) in [7, 11) is 2.05. The second kappa shape index (κ2) is 8.01. The van der Waals surface area contributed by atoms with Gasteiger partial charge in [-0.2, -0.15) is 0 Å². The molecule has 1 amide bonds. The van der Waals surface area contributed by atoms with Gasteiger partial charge in [-0.1, -0.05) is 30.3 Å². The summed E-state index contributed by atoms with van der Waals surface area (Å²) < 4.78 is 0. The zero-order valence-corrected chi connectivity index (χ0v) is 14.1. The van der Waals surface area contributed by atoms with Crippen LogP contribution in [0.25, 0.3) is 0 Å². The number of carbonyl (C=O) groups is 1. The number of quaternary nitrogens is 1. The maximum absolute atomic E-state index is 12.3. The van der Waals surface area contributed by atoms with E-state index in [-0.39, 0.29) is 11.9 Å². The zero-order valence-electron chi connectivity index (χ0n) is 13.3. The van der Waals surface area contributed by atoms with E-state index in [1.54, 1.807) is 11.8 Å². The van der Waals surface area contributed by atoms with E-state index in [0.717, 1.165) is 12.2 Å². The second-order valence-corrected chi connectivity index (χ2v) is 6.33. The summed E-state index contributed by atoms with van der Waals surface area (Å²) in [5, 5.41) is 2.96. The number of hydrogen-bond acceptors (Lipinski definition) is 2. The third-order valence-corrected chi connectivity index (χ3v) is 4.56. The Morgan fingerprint density at radius 1 is 1.14 bits per heavy atom. The van der Waals surface area contributed by atoms with Crippen LogP contribution in [-0.4, -0.2) is 25.3 Å². The number of likely N-dealkylation sites (N-methyl/N-ethyl adjacent to an activating group) is 1. The third kappa shape index (κ3) is 4.61. The highest BCUT2D eigenvalue weighted by atomic mass is 32.2. The van der Waals surface area contributed by atoms with Crippen LogP contribution in [-0.2, 0) is 11.3 Å². The standard InChI is InChI=1S/C18H22N2OS/c1-14(18(21)19-16-7-5-4-6-8-16)20(2)13-15-9-11-17(22-3)12-10-15/h4-12,14H,13H2,1-3H3,(H,19,21)/p+1/t14-/m0/s1. The molecule has 2 N–H and O–H groups in total. The fourth-order valence-electron chi connectivity index (χ4n) is 2.21. The predicted octanol–water partition coefficient (Wildman–Crippen LogP) is 2.45. The van der Waals surface area contributed by atoms with Crippen molar-refractivity contribution < 1.29 is 9.69 Å². The molecule has 0 aliphatic carbocycles. The first-order valence-corrected chi connectivity index (χ1v) is 8.64. The molecular formula is C18H23N2OS+. The van der Waals surface area contributed by atoms with E-state index in [1.807, 2.05) is 37.3 Å². The molecule has 0 fully saturated rings. The molecule has 0 radical (unpaired) electrons. The summed E-state index contributed by atoms with van der Waals surface area (Å²) in [5.41, 5.74) is 2.09. The lowest BCUT2D eigenvalue weighted by atomic mass is 10.2. The molecule has 0 heterocycles. The van der Waals surface area contributed by atoms with E-state index in [4.69, 9.17) is 0 Å². The Balaban J connectivity index is 1.92. The van der Waals surface area contributed by atoms with Gasteiger partial charge >= 0.3 is 0 Å². The van der Waals surface area contributed by atoms with Gasteiger partial charge in [-0.25, -0.2) is 0 Å². The average molecular weight is 315 g/mol. The largest absolute Gasteiger partial charge is 0.324 e. The van der Waals surface area contributed by atoms with Crippen molar-refractivity contribution in [3.05, 3.63) is 60.2 Å². The van der Waals surface area contributed by atoms with Gasteiger partial charge in [0.1, 0.15) is 6.54 Å². The molecule has 2 aromatic carbocycles. The molecular weight excluding hydrogens is 292 g/mol. The van der Waals surface area contributed by atoms with Crippen molar-refractivity contribution >= 4 is 23.4 Å². The lowest BCUT2D eigenvalue weighted by Crippen LogP contribution is -3.12. The number of carbonyl (C=O) groups excluding carboxylic acids is 1. The number of thioether (sulfide) groups is 1. The Morgan fingerprint density at radius 2 is 1.77 bits per heavy atom. The lowest BCUT2D eigenvalue weighted by molar-refractivity contribution is -0.907. The molecule has 0 aliphatic heterocycles. The van der Waals surface area contributed by atoms with Gasteiger partial charge in [0.05, 0.1) is 7.05 Å². The molecule has 2 aromatic rings. The Hall–Kier alpha value is -1.78. The minimum absolute atomic E-state index is 0.0458. The van der Waals surface area contributed by atoms with Crippen molar-refractivity contribution in [3.63, 3.8) is 0 Å². The number of amides is 1. The molecule has 0 aliphatic rings. The summed E-state index contributed by atoms with van der Waals surface area (Å²) in [6.45, 7) is 2.79. The SMILES string of the molecule is CSc1ccc(C[NH+](C)[C@@H](C)C(=O)Nc2ccccc2)cc1. The molecule has 2 rings (SSSR count). The molecule has 0 saturated heterocycles. The number of benzene rings is 2. The predicted molar refractivity (Wildman–Crippen MR) is 93.3 cm³/mol. The van der Waals surface area contributed by atoms with Crippen LogP contribution in [0.3, 0.4) is 0 Å². The highest BCUT2D eigenvalue weighted by molar-refractivity contribution is 7.98. The van der Waals surface area contributed by atoms with Gasteiger partial charge in [0.25, 0.3) is 5.91 Å². The summed E-state index contributed by atoms with van der Waals surface area (Å²) in [5.74, 6) is 0.0458. The summed E-state index contributed by atoms with van der Waals surface area (Å²) in [6.07, 6.45) is 2.07. The fourth-order valence-corrected chi connectivity index (χ4v) is 2.62. The lowest BCUT2D eigenvalue weighted by Gasteiger charge is -2.21. The van der Waals surface area contributed by atoms with Gasteiger partial charge < -0.3 is 10.2 Å². The van der Waals surface area contributed by atoms with E-state index >= 15 is 0 Å². The number of anilines is 1. The summed E-state index contributed by atoms with van der Waals surface area (Å²) >= 11 is 1.74. The Kier molecular flexibility index (Phi) is 6.04. The second-order valence-electron chi connectivity index (χ2n) is 5.45. The van der Waals surface area contributed by atoms with E-state index in [0.29, 0.717) is 0 Å². The van der Waals surface area contributed by atoms with E-state index < -0.39 is 0 Å². The van der Waals surface area contributed by atoms with Crippen molar-refractivity contribution in [1.29, 1.82) is 0 Å². The van der Waals surface area contributed by atoms with Gasteiger partial charge in [0.2, 0.25) is 0 Å². The van der Waals surface area contributed by atoms with E-state index in [1.165, 1.54) is 15.4 Å². The van der Waals surface area contributed by atoms with Crippen LogP contribution in [0.1, 0.15) is 12.5 Å². The van der Waals surface area contributed by atoms with E-state index in [2.05, 4.69) is 42.9 Å². The van der Waals surface area contributed by atoms with Gasteiger partial charge in [0, 0.05) is 16.1 Å². The molecule has 0 spiro atoms. The van der Waals surface area contributed by atoms with Gasteiger partial charge in [-0.3, -0.25) is 4.79 Å². The summed E-state index contributed by atoms with van der Waals surface area (Å²) in [4.78, 5) is 14.7. The van der Waals surface area contributed by atoms with Crippen LogP contribution in [0, 0.1) is 0 Å². The first-order valence-electron chi connectivity index (χ1n) is 7.41. The highest BCUT2D eigenvalue weighted by Crippen LogP contribution is 2.14. The Bertz CT molecular complexity index is 598. The fraction of sp³-hybridized carbons (Fsp3) is 0.278. The van der Waals surface area contributed by atoms with Crippen LogP contribution < -0.4 is 10.2 Å². The maximum Gasteiger partial charge on any atom is 0.282 e. The van der Waals surface area contributed by atoms with Crippen LogP contribution in [0.2, 0.25) is 0 Å². The molecule has 3 nitrogen and oxygen atoms in total. The average Bonchev–Trinajstić information content (AvgIpc) is 2.55. The minimum atomic E-state index is -0.111.